The molecular weight excluding hydrogens is 424 g/mol. The van der Waals surface area contributed by atoms with E-state index in [1.165, 1.54) is 10.4 Å². The summed E-state index contributed by atoms with van der Waals surface area (Å²) in [5.41, 5.74) is 10.1. The third-order valence-corrected chi connectivity index (χ3v) is 5.73. The minimum atomic E-state index is 0.195. The first-order valence-electron chi connectivity index (χ1n) is 10.6. The van der Waals surface area contributed by atoms with Gasteiger partial charge in [0.2, 0.25) is 11.9 Å². The lowest BCUT2D eigenvalue weighted by molar-refractivity contribution is 0.242. The SMILES string of the molecule is CC(C)c1cnn2c(NCc3ccc(-c4cccs4)cc3)nc(N)nc12.OCCCCO. The number of nitrogens with two attached hydrogens (primary N) is 1. The van der Waals surface area contributed by atoms with Gasteiger partial charge < -0.3 is 21.3 Å². The lowest BCUT2D eigenvalue weighted by Crippen LogP contribution is -2.11. The number of rotatable bonds is 8. The van der Waals surface area contributed by atoms with E-state index < -0.39 is 0 Å². The highest BCUT2D eigenvalue weighted by Crippen LogP contribution is 2.25. The van der Waals surface area contributed by atoms with Crippen LogP contribution in [0.3, 0.4) is 0 Å². The van der Waals surface area contributed by atoms with Crippen molar-refractivity contribution in [3.63, 3.8) is 0 Å². The van der Waals surface area contributed by atoms with E-state index >= 15 is 0 Å². The molecule has 0 fully saturated rings. The average Bonchev–Trinajstić information content (AvgIpc) is 3.47. The van der Waals surface area contributed by atoms with Crippen molar-refractivity contribution in [3.05, 3.63) is 59.1 Å². The van der Waals surface area contributed by atoms with Gasteiger partial charge in [0.1, 0.15) is 0 Å². The highest BCUT2D eigenvalue weighted by Gasteiger charge is 2.14. The molecule has 0 unspecified atom stereocenters. The molecule has 0 bridgehead atoms. The van der Waals surface area contributed by atoms with Gasteiger partial charge in [-0.2, -0.15) is 19.6 Å². The minimum absolute atomic E-state index is 0.195. The van der Waals surface area contributed by atoms with Crippen molar-refractivity contribution >= 4 is 28.9 Å². The first-order valence-corrected chi connectivity index (χ1v) is 11.5. The van der Waals surface area contributed by atoms with Gasteiger partial charge in [0.05, 0.1) is 6.20 Å². The molecule has 0 spiro atoms. The lowest BCUT2D eigenvalue weighted by atomic mass is 10.1. The van der Waals surface area contributed by atoms with Crippen LogP contribution in [0.1, 0.15) is 43.7 Å². The molecule has 0 atom stereocenters. The van der Waals surface area contributed by atoms with Crippen molar-refractivity contribution < 1.29 is 10.2 Å². The van der Waals surface area contributed by atoms with Gasteiger partial charge in [-0.05, 0) is 41.3 Å². The van der Waals surface area contributed by atoms with Crippen LogP contribution >= 0.6 is 11.3 Å². The van der Waals surface area contributed by atoms with Crippen LogP contribution in [0, 0.1) is 0 Å². The van der Waals surface area contributed by atoms with E-state index in [0.717, 1.165) is 29.6 Å². The largest absolute Gasteiger partial charge is 0.396 e. The van der Waals surface area contributed by atoms with Gasteiger partial charge >= 0.3 is 0 Å². The van der Waals surface area contributed by atoms with Crippen molar-refractivity contribution in [2.45, 2.75) is 39.2 Å². The number of nitrogen functional groups attached to an aromatic ring is 1. The summed E-state index contributed by atoms with van der Waals surface area (Å²) in [6, 6.07) is 12.7. The normalized spacial score (nSPS) is 10.9. The summed E-state index contributed by atoms with van der Waals surface area (Å²) in [7, 11) is 0. The molecule has 9 heteroatoms. The first kappa shape index (κ1) is 23.6. The predicted molar refractivity (Wildman–Crippen MR) is 130 cm³/mol. The summed E-state index contributed by atoms with van der Waals surface area (Å²) < 4.78 is 1.71. The second-order valence-corrected chi connectivity index (χ2v) is 8.53. The monoisotopic (exact) mass is 454 g/mol. The molecule has 32 heavy (non-hydrogen) atoms. The lowest BCUT2D eigenvalue weighted by Gasteiger charge is -2.09. The summed E-state index contributed by atoms with van der Waals surface area (Å²) in [6.07, 6.45) is 3.27. The van der Waals surface area contributed by atoms with Crippen LogP contribution in [0.15, 0.2) is 48.0 Å². The second kappa shape index (κ2) is 11.6. The number of aliphatic hydroxyl groups excluding tert-OH is 2. The molecule has 0 saturated heterocycles. The number of anilines is 2. The van der Waals surface area contributed by atoms with Gasteiger partial charge in [0.15, 0.2) is 5.65 Å². The number of hydrogen-bond donors (Lipinski definition) is 4. The smallest absolute Gasteiger partial charge is 0.229 e. The predicted octanol–water partition coefficient (Wildman–Crippen LogP) is 3.92. The molecule has 3 heterocycles. The zero-order chi connectivity index (χ0) is 22.9. The Bertz CT molecular complexity index is 1090. The molecule has 0 aliphatic heterocycles. The number of nitrogens with one attached hydrogen (secondary N) is 1. The number of fused-ring (bicyclic) bond motifs is 1. The van der Waals surface area contributed by atoms with E-state index in [-0.39, 0.29) is 19.2 Å². The molecule has 8 nitrogen and oxygen atoms in total. The third kappa shape index (κ3) is 6.03. The number of thiophene rings is 1. The van der Waals surface area contributed by atoms with Gasteiger partial charge in [0, 0.05) is 30.2 Å². The maximum absolute atomic E-state index is 8.09. The average molecular weight is 455 g/mol. The number of nitrogens with zero attached hydrogens (tertiary/aromatic N) is 4. The third-order valence-electron chi connectivity index (χ3n) is 4.81. The number of hydrogen-bond acceptors (Lipinski definition) is 8. The summed E-state index contributed by atoms with van der Waals surface area (Å²) in [6.45, 7) is 5.24. The molecular formula is C23H30N6O2S. The highest BCUT2D eigenvalue weighted by molar-refractivity contribution is 7.13. The maximum atomic E-state index is 8.09. The van der Waals surface area contributed by atoms with Crippen LogP contribution in [-0.2, 0) is 6.54 Å². The Kier molecular flexibility index (Phi) is 8.55. The molecule has 4 rings (SSSR count). The molecule has 0 aliphatic carbocycles. The first-order chi connectivity index (χ1) is 15.5. The van der Waals surface area contributed by atoms with Crippen molar-refractivity contribution in [2.24, 2.45) is 0 Å². The molecule has 0 amide bonds. The molecule has 3 aromatic heterocycles. The summed E-state index contributed by atoms with van der Waals surface area (Å²) in [5.74, 6) is 1.16. The van der Waals surface area contributed by atoms with Crippen molar-refractivity contribution in [2.75, 3.05) is 24.3 Å². The van der Waals surface area contributed by atoms with Gasteiger partial charge in [-0.1, -0.05) is 44.2 Å². The van der Waals surface area contributed by atoms with Gasteiger partial charge in [0.25, 0.3) is 0 Å². The zero-order valence-electron chi connectivity index (χ0n) is 18.4. The Morgan fingerprint density at radius 3 is 2.38 bits per heavy atom. The van der Waals surface area contributed by atoms with Crippen molar-refractivity contribution in [1.29, 1.82) is 0 Å². The fourth-order valence-electron chi connectivity index (χ4n) is 3.07. The molecule has 0 saturated carbocycles. The van der Waals surface area contributed by atoms with E-state index in [4.69, 9.17) is 15.9 Å². The summed E-state index contributed by atoms with van der Waals surface area (Å²) >= 11 is 1.74. The van der Waals surface area contributed by atoms with Crippen LogP contribution in [0.25, 0.3) is 16.1 Å². The Morgan fingerprint density at radius 2 is 1.78 bits per heavy atom. The molecule has 0 radical (unpaired) electrons. The molecule has 1 aromatic carbocycles. The number of benzene rings is 1. The zero-order valence-corrected chi connectivity index (χ0v) is 19.2. The number of unbranched alkanes of at least 4 members (excludes halogenated alkanes) is 1. The van der Waals surface area contributed by atoms with E-state index in [1.807, 2.05) is 6.20 Å². The molecule has 4 aromatic rings. The van der Waals surface area contributed by atoms with E-state index in [0.29, 0.717) is 18.4 Å². The van der Waals surface area contributed by atoms with Gasteiger partial charge in [-0.3, -0.25) is 0 Å². The van der Waals surface area contributed by atoms with Crippen LogP contribution < -0.4 is 11.1 Å². The van der Waals surface area contributed by atoms with Crippen LogP contribution in [0.5, 0.6) is 0 Å². The van der Waals surface area contributed by atoms with Crippen LogP contribution in [0.4, 0.5) is 11.9 Å². The van der Waals surface area contributed by atoms with E-state index in [1.54, 1.807) is 15.9 Å². The van der Waals surface area contributed by atoms with Gasteiger partial charge in [-0.15, -0.1) is 11.3 Å². The fraction of sp³-hybridized carbons (Fsp3) is 0.348. The molecule has 0 aliphatic rings. The Hall–Kier alpha value is -3.01. The molecule has 170 valence electrons. The maximum Gasteiger partial charge on any atom is 0.229 e. The molecule has 5 N–H and O–H groups in total. The summed E-state index contributed by atoms with van der Waals surface area (Å²) in [4.78, 5) is 9.92. The standard InChI is InChI=1S/C19H20N6S.C4H10O2/c1-12(2)15-11-22-25-17(15)23-18(20)24-19(25)21-10-13-5-7-14(8-6-13)16-4-3-9-26-16;5-3-1-2-4-6/h3-9,11-12H,10H2,1-2H3,(H3,20,21,23,24);5-6H,1-4H2. The van der Waals surface area contributed by atoms with Crippen LogP contribution in [0.2, 0.25) is 0 Å². The quantitative estimate of drug-likeness (QED) is 0.298. The van der Waals surface area contributed by atoms with Crippen molar-refractivity contribution in [3.8, 4) is 10.4 Å². The van der Waals surface area contributed by atoms with E-state index in [2.05, 4.69) is 76.0 Å². The number of aromatic nitrogens is 4. The topological polar surface area (TPSA) is 122 Å². The Labute approximate surface area is 191 Å². The van der Waals surface area contributed by atoms with Crippen molar-refractivity contribution in [1.82, 2.24) is 19.6 Å². The Balaban J connectivity index is 0.000000427. The minimum Gasteiger partial charge on any atom is -0.396 e. The highest BCUT2D eigenvalue weighted by atomic mass is 32.1. The van der Waals surface area contributed by atoms with Crippen LogP contribution in [-0.4, -0.2) is 43.0 Å². The Morgan fingerprint density at radius 1 is 1.06 bits per heavy atom. The number of aliphatic hydroxyl groups is 2. The second-order valence-electron chi connectivity index (χ2n) is 7.58. The van der Waals surface area contributed by atoms with E-state index in [9.17, 15) is 0 Å². The van der Waals surface area contributed by atoms with Gasteiger partial charge in [-0.25, -0.2) is 0 Å². The summed E-state index contributed by atoms with van der Waals surface area (Å²) in [5, 5.41) is 26.0. The fourth-order valence-corrected chi connectivity index (χ4v) is 3.80.